The van der Waals surface area contributed by atoms with Gasteiger partial charge < -0.3 is 10.5 Å². The lowest BCUT2D eigenvalue weighted by molar-refractivity contribution is 0.0295. The highest BCUT2D eigenvalue weighted by Crippen LogP contribution is 2.22. The first-order valence-corrected chi connectivity index (χ1v) is 7.28. The SMILES string of the molecule is NC(=S)c1cccc(COC2CCCCCC2)c1F. The summed E-state index contributed by atoms with van der Waals surface area (Å²) in [5.41, 5.74) is 6.33. The van der Waals surface area contributed by atoms with Crippen molar-refractivity contribution >= 4 is 17.2 Å². The highest BCUT2D eigenvalue weighted by molar-refractivity contribution is 7.80. The molecule has 4 heteroatoms. The molecule has 0 spiro atoms. The molecular weight excluding hydrogens is 261 g/mol. The van der Waals surface area contributed by atoms with Crippen molar-refractivity contribution in [1.29, 1.82) is 0 Å². The average molecular weight is 281 g/mol. The van der Waals surface area contributed by atoms with Crippen LogP contribution in [0.3, 0.4) is 0 Å². The van der Waals surface area contributed by atoms with Crippen molar-refractivity contribution in [2.75, 3.05) is 0 Å². The van der Waals surface area contributed by atoms with Crippen LogP contribution in [0.4, 0.5) is 4.39 Å². The third-order valence-corrected chi connectivity index (χ3v) is 3.84. The molecule has 0 aliphatic heterocycles. The second-order valence-corrected chi connectivity index (χ2v) is 5.51. The molecule has 0 saturated heterocycles. The van der Waals surface area contributed by atoms with Crippen molar-refractivity contribution in [3.05, 3.63) is 35.1 Å². The van der Waals surface area contributed by atoms with Gasteiger partial charge in [0.1, 0.15) is 10.8 Å². The lowest BCUT2D eigenvalue weighted by Crippen LogP contribution is -2.15. The van der Waals surface area contributed by atoms with E-state index in [9.17, 15) is 4.39 Å². The minimum atomic E-state index is -0.344. The molecule has 0 radical (unpaired) electrons. The van der Waals surface area contributed by atoms with Crippen LogP contribution < -0.4 is 5.73 Å². The predicted octanol–water partition coefficient (Wildman–Crippen LogP) is 3.70. The van der Waals surface area contributed by atoms with Crippen LogP contribution in [0.2, 0.25) is 0 Å². The molecule has 1 saturated carbocycles. The molecular formula is C15H20FNOS. The van der Waals surface area contributed by atoms with Gasteiger partial charge in [-0.25, -0.2) is 4.39 Å². The van der Waals surface area contributed by atoms with E-state index in [4.69, 9.17) is 22.7 Å². The molecule has 104 valence electrons. The molecule has 1 aromatic carbocycles. The van der Waals surface area contributed by atoms with Crippen molar-refractivity contribution in [1.82, 2.24) is 0 Å². The molecule has 0 bridgehead atoms. The zero-order valence-corrected chi connectivity index (χ0v) is 11.8. The van der Waals surface area contributed by atoms with Crippen molar-refractivity contribution < 1.29 is 9.13 Å². The monoisotopic (exact) mass is 281 g/mol. The summed E-state index contributed by atoms with van der Waals surface area (Å²) >= 11 is 4.83. The Balaban J connectivity index is 1.99. The number of hydrogen-bond donors (Lipinski definition) is 1. The molecule has 0 atom stereocenters. The lowest BCUT2D eigenvalue weighted by Gasteiger charge is -2.16. The normalized spacial score (nSPS) is 17.1. The van der Waals surface area contributed by atoms with Crippen LogP contribution >= 0.6 is 12.2 Å². The summed E-state index contributed by atoms with van der Waals surface area (Å²) in [6.45, 7) is 0.299. The Morgan fingerprint density at radius 3 is 2.58 bits per heavy atom. The molecule has 2 rings (SSSR count). The van der Waals surface area contributed by atoms with Crippen LogP contribution in [0, 0.1) is 5.82 Å². The Morgan fingerprint density at radius 2 is 1.95 bits per heavy atom. The fraction of sp³-hybridized carbons (Fsp3) is 0.533. The standard InChI is InChI=1S/C15H20FNOS/c16-14-11(6-5-9-13(14)15(17)19)10-18-12-7-3-1-2-4-8-12/h5-6,9,12H,1-4,7-8,10H2,(H2,17,19). The Bertz CT molecular complexity index is 442. The quantitative estimate of drug-likeness (QED) is 0.675. The van der Waals surface area contributed by atoms with E-state index in [1.807, 2.05) is 0 Å². The van der Waals surface area contributed by atoms with Gasteiger partial charge in [-0.15, -0.1) is 0 Å². The smallest absolute Gasteiger partial charge is 0.138 e. The van der Waals surface area contributed by atoms with Crippen LogP contribution in [0.5, 0.6) is 0 Å². The lowest BCUT2D eigenvalue weighted by atomic mass is 10.1. The maximum Gasteiger partial charge on any atom is 0.138 e. The van der Waals surface area contributed by atoms with E-state index in [0.29, 0.717) is 17.7 Å². The van der Waals surface area contributed by atoms with E-state index >= 15 is 0 Å². The number of thiocarbonyl (C=S) groups is 1. The number of hydrogen-bond acceptors (Lipinski definition) is 2. The molecule has 0 amide bonds. The van der Waals surface area contributed by atoms with Gasteiger partial charge in [-0.1, -0.05) is 50.0 Å². The molecule has 1 fully saturated rings. The Kier molecular flexibility index (Phi) is 5.28. The van der Waals surface area contributed by atoms with Crippen molar-refractivity contribution in [2.24, 2.45) is 5.73 Å². The topological polar surface area (TPSA) is 35.2 Å². The minimum absolute atomic E-state index is 0.0915. The molecule has 1 aliphatic carbocycles. The summed E-state index contributed by atoms with van der Waals surface area (Å²) in [5.74, 6) is -0.344. The van der Waals surface area contributed by atoms with Crippen molar-refractivity contribution in [2.45, 2.75) is 51.2 Å². The van der Waals surface area contributed by atoms with Gasteiger partial charge in [-0.05, 0) is 18.9 Å². The Morgan fingerprint density at radius 1 is 1.26 bits per heavy atom. The first-order valence-electron chi connectivity index (χ1n) is 6.87. The number of halogens is 1. The van der Waals surface area contributed by atoms with Gasteiger partial charge in [0.15, 0.2) is 0 Å². The van der Waals surface area contributed by atoms with E-state index in [1.165, 1.54) is 25.7 Å². The van der Waals surface area contributed by atoms with E-state index in [-0.39, 0.29) is 16.9 Å². The molecule has 2 N–H and O–H groups in total. The first kappa shape index (κ1) is 14.4. The summed E-state index contributed by atoms with van der Waals surface area (Å²) in [5, 5.41) is 0. The van der Waals surface area contributed by atoms with E-state index in [1.54, 1.807) is 18.2 Å². The summed E-state index contributed by atoms with van der Waals surface area (Å²) in [4.78, 5) is 0.0915. The molecule has 0 heterocycles. The second kappa shape index (κ2) is 6.96. The van der Waals surface area contributed by atoms with Crippen LogP contribution in [0.1, 0.15) is 49.7 Å². The maximum atomic E-state index is 14.1. The number of ether oxygens (including phenoxy) is 1. The fourth-order valence-corrected chi connectivity index (χ4v) is 2.66. The van der Waals surface area contributed by atoms with Gasteiger partial charge >= 0.3 is 0 Å². The third kappa shape index (κ3) is 3.98. The summed E-state index contributed by atoms with van der Waals surface area (Å²) < 4.78 is 20.0. The van der Waals surface area contributed by atoms with Gasteiger partial charge in [-0.3, -0.25) is 0 Å². The number of nitrogens with two attached hydrogens (primary N) is 1. The molecule has 1 aliphatic rings. The van der Waals surface area contributed by atoms with Crippen molar-refractivity contribution in [3.63, 3.8) is 0 Å². The zero-order valence-electron chi connectivity index (χ0n) is 11.0. The Hall–Kier alpha value is -1.00. The summed E-state index contributed by atoms with van der Waals surface area (Å²) in [7, 11) is 0. The highest BCUT2D eigenvalue weighted by atomic mass is 32.1. The second-order valence-electron chi connectivity index (χ2n) is 5.07. The van der Waals surface area contributed by atoms with Crippen molar-refractivity contribution in [3.8, 4) is 0 Å². The van der Waals surface area contributed by atoms with Crippen LogP contribution in [0.15, 0.2) is 18.2 Å². The Labute approximate surface area is 119 Å². The van der Waals surface area contributed by atoms with E-state index < -0.39 is 0 Å². The largest absolute Gasteiger partial charge is 0.389 e. The van der Waals surface area contributed by atoms with Gasteiger partial charge in [0.25, 0.3) is 0 Å². The van der Waals surface area contributed by atoms with Crippen LogP contribution in [-0.4, -0.2) is 11.1 Å². The maximum absolute atomic E-state index is 14.1. The van der Waals surface area contributed by atoms with Gasteiger partial charge in [0.2, 0.25) is 0 Å². The van der Waals surface area contributed by atoms with Crippen LogP contribution in [0.25, 0.3) is 0 Å². The van der Waals surface area contributed by atoms with E-state index in [2.05, 4.69) is 0 Å². The number of benzene rings is 1. The molecule has 1 aromatic rings. The van der Waals surface area contributed by atoms with Gasteiger partial charge in [0, 0.05) is 11.1 Å². The molecule has 19 heavy (non-hydrogen) atoms. The minimum Gasteiger partial charge on any atom is -0.389 e. The molecule has 2 nitrogen and oxygen atoms in total. The predicted molar refractivity (Wildman–Crippen MR) is 78.6 cm³/mol. The van der Waals surface area contributed by atoms with Gasteiger partial charge in [0.05, 0.1) is 12.7 Å². The summed E-state index contributed by atoms with van der Waals surface area (Å²) in [6, 6.07) is 5.10. The fourth-order valence-electron chi connectivity index (χ4n) is 2.50. The summed E-state index contributed by atoms with van der Waals surface area (Å²) in [6.07, 6.45) is 7.40. The zero-order chi connectivity index (χ0) is 13.7. The third-order valence-electron chi connectivity index (χ3n) is 3.62. The molecule has 0 unspecified atom stereocenters. The van der Waals surface area contributed by atoms with Gasteiger partial charge in [-0.2, -0.15) is 0 Å². The van der Waals surface area contributed by atoms with E-state index in [0.717, 1.165) is 12.8 Å². The van der Waals surface area contributed by atoms with Crippen LogP contribution in [-0.2, 0) is 11.3 Å². The first-order chi connectivity index (χ1) is 9.18. The number of rotatable bonds is 4. The average Bonchev–Trinajstić information content (AvgIpc) is 2.66. The molecule has 0 aromatic heterocycles. The highest BCUT2D eigenvalue weighted by Gasteiger charge is 2.15.